The van der Waals surface area contributed by atoms with Gasteiger partial charge in [-0.3, -0.25) is 0 Å². The first-order chi connectivity index (χ1) is 14.9. The van der Waals surface area contributed by atoms with E-state index in [2.05, 4.69) is 95.9 Å². The maximum absolute atomic E-state index is 6.07. The van der Waals surface area contributed by atoms with Crippen molar-refractivity contribution in [1.29, 1.82) is 0 Å². The van der Waals surface area contributed by atoms with Crippen molar-refractivity contribution < 1.29 is 4.42 Å². The molecule has 0 aliphatic heterocycles. The van der Waals surface area contributed by atoms with E-state index in [9.17, 15) is 0 Å². The summed E-state index contributed by atoms with van der Waals surface area (Å²) in [6.45, 7) is 0. The number of rotatable bonds is 3. The molecule has 0 unspecified atom stereocenters. The summed E-state index contributed by atoms with van der Waals surface area (Å²) in [4.78, 5) is 2.29. The number of benzene rings is 5. The number of hydrogen-bond acceptors (Lipinski definition) is 2. The van der Waals surface area contributed by atoms with Gasteiger partial charge in [-0.2, -0.15) is 0 Å². The molecule has 0 bridgehead atoms. The second-order valence-corrected chi connectivity index (χ2v) is 7.45. The molecule has 5 aromatic carbocycles. The average molecular weight is 385 g/mol. The van der Waals surface area contributed by atoms with Crippen molar-refractivity contribution in [2.75, 3.05) is 4.90 Å². The first kappa shape index (κ1) is 16.9. The maximum Gasteiger partial charge on any atom is 0.136 e. The van der Waals surface area contributed by atoms with Crippen LogP contribution in [0.5, 0.6) is 0 Å². The van der Waals surface area contributed by atoms with Gasteiger partial charge in [0.1, 0.15) is 11.2 Å². The van der Waals surface area contributed by atoms with Crippen LogP contribution >= 0.6 is 0 Å². The Kier molecular flexibility index (Phi) is 3.82. The van der Waals surface area contributed by atoms with E-state index in [1.54, 1.807) is 0 Å². The molecule has 0 N–H and O–H groups in total. The SMILES string of the molecule is c1ccc(N(c2ccccc2)c2ccc3c(ccc4oc5ccccc5c43)c2)cc1. The zero-order valence-electron chi connectivity index (χ0n) is 16.3. The molecule has 0 saturated carbocycles. The first-order valence-corrected chi connectivity index (χ1v) is 10.1. The van der Waals surface area contributed by atoms with Gasteiger partial charge in [-0.05, 0) is 59.3 Å². The largest absolute Gasteiger partial charge is 0.456 e. The molecule has 0 saturated heterocycles. The first-order valence-electron chi connectivity index (χ1n) is 10.1. The lowest BCUT2D eigenvalue weighted by atomic mass is 10.0. The Bertz CT molecular complexity index is 1440. The van der Waals surface area contributed by atoms with Gasteiger partial charge in [-0.15, -0.1) is 0 Å². The lowest BCUT2D eigenvalue weighted by molar-refractivity contribution is 0.669. The third kappa shape index (κ3) is 2.66. The molecule has 0 radical (unpaired) electrons. The summed E-state index contributed by atoms with van der Waals surface area (Å²) in [7, 11) is 0. The summed E-state index contributed by atoms with van der Waals surface area (Å²) in [5.74, 6) is 0. The molecule has 0 amide bonds. The predicted octanol–water partition coefficient (Wildman–Crippen LogP) is 8.21. The highest BCUT2D eigenvalue weighted by molar-refractivity contribution is 6.19. The highest BCUT2D eigenvalue weighted by Gasteiger charge is 2.14. The zero-order chi connectivity index (χ0) is 19.9. The van der Waals surface area contributed by atoms with E-state index in [4.69, 9.17) is 4.42 Å². The van der Waals surface area contributed by atoms with E-state index in [-0.39, 0.29) is 0 Å². The van der Waals surface area contributed by atoms with Gasteiger partial charge in [0, 0.05) is 27.8 Å². The quantitative estimate of drug-likeness (QED) is 0.305. The summed E-state index contributed by atoms with van der Waals surface area (Å²) in [6.07, 6.45) is 0. The molecule has 6 rings (SSSR count). The van der Waals surface area contributed by atoms with Crippen LogP contribution in [0, 0.1) is 0 Å². The Morgan fingerprint density at radius 1 is 0.467 bits per heavy atom. The van der Waals surface area contributed by atoms with E-state index < -0.39 is 0 Å². The second kappa shape index (κ2) is 6.78. The number of furan rings is 1. The van der Waals surface area contributed by atoms with Crippen molar-refractivity contribution in [2.24, 2.45) is 0 Å². The number of nitrogens with zero attached hydrogens (tertiary/aromatic N) is 1. The minimum absolute atomic E-state index is 0.930. The summed E-state index contributed by atoms with van der Waals surface area (Å²) >= 11 is 0. The normalized spacial score (nSPS) is 11.3. The smallest absolute Gasteiger partial charge is 0.136 e. The number of fused-ring (bicyclic) bond motifs is 5. The van der Waals surface area contributed by atoms with Gasteiger partial charge in [0.15, 0.2) is 0 Å². The maximum atomic E-state index is 6.07. The van der Waals surface area contributed by atoms with Crippen LogP contribution in [0.15, 0.2) is 120 Å². The highest BCUT2D eigenvalue weighted by Crippen LogP contribution is 2.39. The molecular formula is C28H19NO. The molecule has 0 aliphatic carbocycles. The molecular weight excluding hydrogens is 366 g/mol. The highest BCUT2D eigenvalue weighted by atomic mass is 16.3. The van der Waals surface area contributed by atoms with Crippen molar-refractivity contribution in [3.63, 3.8) is 0 Å². The average Bonchev–Trinajstić information content (AvgIpc) is 3.20. The molecule has 1 heterocycles. The third-order valence-corrected chi connectivity index (χ3v) is 5.63. The van der Waals surface area contributed by atoms with Crippen molar-refractivity contribution in [1.82, 2.24) is 0 Å². The number of hydrogen-bond donors (Lipinski definition) is 0. The Balaban J connectivity index is 1.59. The molecule has 142 valence electrons. The van der Waals surface area contributed by atoms with Gasteiger partial charge in [-0.25, -0.2) is 0 Å². The van der Waals surface area contributed by atoms with Crippen LogP contribution < -0.4 is 4.90 Å². The minimum atomic E-state index is 0.930. The van der Waals surface area contributed by atoms with E-state index in [1.807, 2.05) is 24.3 Å². The molecule has 6 aromatic rings. The molecule has 0 aliphatic rings. The van der Waals surface area contributed by atoms with E-state index in [1.165, 1.54) is 16.2 Å². The van der Waals surface area contributed by atoms with Crippen LogP contribution in [-0.4, -0.2) is 0 Å². The van der Waals surface area contributed by atoms with Gasteiger partial charge in [0.25, 0.3) is 0 Å². The molecule has 1 aromatic heterocycles. The van der Waals surface area contributed by atoms with E-state index >= 15 is 0 Å². The van der Waals surface area contributed by atoms with E-state index in [0.717, 1.165) is 33.6 Å². The molecule has 0 fully saturated rings. The summed E-state index contributed by atoms with van der Waals surface area (Å²) < 4.78 is 6.07. The molecule has 2 heteroatoms. The number of para-hydroxylation sites is 3. The van der Waals surface area contributed by atoms with Crippen LogP contribution in [0.3, 0.4) is 0 Å². The number of anilines is 3. The van der Waals surface area contributed by atoms with Crippen LogP contribution in [0.25, 0.3) is 32.7 Å². The lowest BCUT2D eigenvalue weighted by Gasteiger charge is -2.25. The molecule has 0 spiro atoms. The molecule has 2 nitrogen and oxygen atoms in total. The topological polar surface area (TPSA) is 16.4 Å². The predicted molar refractivity (Wildman–Crippen MR) is 126 cm³/mol. The Morgan fingerprint density at radius 2 is 1.13 bits per heavy atom. The Hall–Kier alpha value is -4.04. The van der Waals surface area contributed by atoms with Crippen LogP contribution in [0.2, 0.25) is 0 Å². The van der Waals surface area contributed by atoms with Crippen molar-refractivity contribution >= 4 is 49.8 Å². The summed E-state index contributed by atoms with van der Waals surface area (Å²) in [5, 5.41) is 4.75. The zero-order valence-corrected chi connectivity index (χ0v) is 16.3. The fraction of sp³-hybridized carbons (Fsp3) is 0. The van der Waals surface area contributed by atoms with E-state index in [0.29, 0.717) is 0 Å². The Labute approximate surface area is 174 Å². The van der Waals surface area contributed by atoms with Crippen LogP contribution in [-0.2, 0) is 0 Å². The van der Waals surface area contributed by atoms with Gasteiger partial charge < -0.3 is 9.32 Å². The molecule has 0 atom stereocenters. The summed E-state index contributed by atoms with van der Waals surface area (Å²) in [5.41, 5.74) is 5.27. The fourth-order valence-corrected chi connectivity index (χ4v) is 4.28. The lowest BCUT2D eigenvalue weighted by Crippen LogP contribution is -2.09. The van der Waals surface area contributed by atoms with Gasteiger partial charge in [0.05, 0.1) is 0 Å². The Morgan fingerprint density at radius 3 is 1.87 bits per heavy atom. The monoisotopic (exact) mass is 385 g/mol. The van der Waals surface area contributed by atoms with Crippen LogP contribution in [0.4, 0.5) is 17.1 Å². The fourth-order valence-electron chi connectivity index (χ4n) is 4.28. The third-order valence-electron chi connectivity index (χ3n) is 5.63. The second-order valence-electron chi connectivity index (χ2n) is 7.45. The van der Waals surface area contributed by atoms with Crippen LogP contribution in [0.1, 0.15) is 0 Å². The van der Waals surface area contributed by atoms with Crippen molar-refractivity contribution in [3.8, 4) is 0 Å². The standard InChI is InChI=1S/C28H19NO/c1-3-9-21(10-4-1)29(22-11-5-2-6-12-22)23-16-17-24-20(19-23)15-18-27-28(24)25-13-7-8-14-26(25)30-27/h1-19H. The van der Waals surface area contributed by atoms with Crippen molar-refractivity contribution in [3.05, 3.63) is 115 Å². The minimum Gasteiger partial charge on any atom is -0.456 e. The van der Waals surface area contributed by atoms with Crippen molar-refractivity contribution in [2.45, 2.75) is 0 Å². The van der Waals surface area contributed by atoms with Gasteiger partial charge >= 0.3 is 0 Å². The molecule has 30 heavy (non-hydrogen) atoms. The summed E-state index contributed by atoms with van der Waals surface area (Å²) in [6, 6.07) is 40.1. The van der Waals surface area contributed by atoms with Gasteiger partial charge in [-0.1, -0.05) is 66.7 Å². The van der Waals surface area contributed by atoms with Gasteiger partial charge in [0.2, 0.25) is 0 Å².